The Kier molecular flexibility index (Phi) is 3.74. The minimum Gasteiger partial charge on any atom is -0.497 e. The van der Waals surface area contributed by atoms with Crippen LogP contribution in [0.1, 0.15) is 37.0 Å². The van der Waals surface area contributed by atoms with Crippen LogP contribution in [0.4, 0.5) is 0 Å². The van der Waals surface area contributed by atoms with E-state index in [1.165, 1.54) is 12.0 Å². The van der Waals surface area contributed by atoms with Crippen LogP contribution in [0.2, 0.25) is 0 Å². The Morgan fingerprint density at radius 2 is 2.15 bits per heavy atom. The van der Waals surface area contributed by atoms with Crippen molar-refractivity contribution < 1.29 is 9.84 Å². The molecule has 0 heterocycles. The first kappa shape index (κ1) is 13.9. The minimum atomic E-state index is -0.395. The Labute approximate surface area is 121 Å². The highest BCUT2D eigenvalue weighted by molar-refractivity contribution is 5.39. The van der Waals surface area contributed by atoms with Gasteiger partial charge in [-0.3, -0.25) is 0 Å². The van der Waals surface area contributed by atoms with Crippen LogP contribution >= 0.6 is 0 Å². The summed E-state index contributed by atoms with van der Waals surface area (Å²) < 4.78 is 5.29. The van der Waals surface area contributed by atoms with Crippen molar-refractivity contribution in [3.05, 3.63) is 29.3 Å². The summed E-state index contributed by atoms with van der Waals surface area (Å²) >= 11 is 0. The molecule has 1 N–H and O–H groups in total. The lowest BCUT2D eigenvalue weighted by molar-refractivity contribution is 0.0470. The summed E-state index contributed by atoms with van der Waals surface area (Å²) in [6.45, 7) is 3.43. The molecule has 1 saturated carbocycles. The number of rotatable bonds is 4. The van der Waals surface area contributed by atoms with Crippen molar-refractivity contribution in [2.24, 2.45) is 11.8 Å². The topological polar surface area (TPSA) is 32.7 Å². The Morgan fingerprint density at radius 3 is 2.80 bits per heavy atom. The van der Waals surface area contributed by atoms with Gasteiger partial charge in [0.1, 0.15) is 5.75 Å². The molecule has 0 aromatic heterocycles. The number of benzene rings is 1. The van der Waals surface area contributed by atoms with Gasteiger partial charge in [-0.1, -0.05) is 13.0 Å². The molecule has 0 saturated heterocycles. The van der Waals surface area contributed by atoms with Gasteiger partial charge in [0.2, 0.25) is 0 Å². The highest BCUT2D eigenvalue weighted by Crippen LogP contribution is 2.40. The second-order valence-corrected chi connectivity index (χ2v) is 6.53. The van der Waals surface area contributed by atoms with Gasteiger partial charge in [0, 0.05) is 12.6 Å². The zero-order valence-electron chi connectivity index (χ0n) is 12.7. The number of methoxy groups -OCH3 is 1. The van der Waals surface area contributed by atoms with Crippen LogP contribution in [-0.2, 0) is 6.42 Å². The van der Waals surface area contributed by atoms with Crippen LogP contribution in [0.5, 0.6) is 5.75 Å². The fourth-order valence-corrected chi connectivity index (χ4v) is 3.49. The fraction of sp³-hybridized carbons (Fsp3) is 0.647. The van der Waals surface area contributed by atoms with Gasteiger partial charge in [-0.05, 0) is 61.4 Å². The van der Waals surface area contributed by atoms with Crippen molar-refractivity contribution in [2.75, 3.05) is 20.7 Å². The van der Waals surface area contributed by atoms with Gasteiger partial charge >= 0.3 is 0 Å². The lowest BCUT2D eigenvalue weighted by Gasteiger charge is -2.36. The summed E-state index contributed by atoms with van der Waals surface area (Å²) in [5, 5.41) is 10.7. The Balaban J connectivity index is 1.75. The minimum absolute atomic E-state index is 0.238. The van der Waals surface area contributed by atoms with Gasteiger partial charge in [0.15, 0.2) is 0 Å². The maximum absolute atomic E-state index is 10.7. The molecule has 3 rings (SSSR count). The number of hydrogen-bond donors (Lipinski definition) is 1. The van der Waals surface area contributed by atoms with Crippen molar-refractivity contribution in [1.29, 1.82) is 0 Å². The number of fused-ring (bicyclic) bond motifs is 1. The number of nitrogens with zero attached hydrogens (tertiary/aromatic N) is 1. The Bertz CT molecular complexity index is 488. The molecule has 3 heteroatoms. The van der Waals surface area contributed by atoms with Crippen molar-refractivity contribution in [3.8, 4) is 5.75 Å². The van der Waals surface area contributed by atoms with E-state index in [9.17, 15) is 5.11 Å². The van der Waals surface area contributed by atoms with Gasteiger partial charge in [0.05, 0.1) is 13.2 Å². The van der Waals surface area contributed by atoms with E-state index in [4.69, 9.17) is 4.74 Å². The summed E-state index contributed by atoms with van der Waals surface area (Å²) in [7, 11) is 3.83. The number of aryl methyl sites for hydroxylation is 1. The van der Waals surface area contributed by atoms with Crippen LogP contribution < -0.4 is 4.74 Å². The number of ether oxygens (including phenoxy) is 1. The first-order valence-electron chi connectivity index (χ1n) is 7.65. The summed E-state index contributed by atoms with van der Waals surface area (Å²) in [5.74, 6) is 2.53. The maximum Gasteiger partial charge on any atom is 0.119 e. The molecule has 0 bridgehead atoms. The number of hydrogen-bond acceptors (Lipinski definition) is 3. The maximum atomic E-state index is 10.7. The molecule has 0 radical (unpaired) electrons. The molecule has 4 atom stereocenters. The molecule has 0 spiro atoms. The van der Waals surface area contributed by atoms with E-state index in [-0.39, 0.29) is 6.04 Å². The zero-order valence-corrected chi connectivity index (χ0v) is 12.7. The molecular weight excluding hydrogens is 250 g/mol. The highest BCUT2D eigenvalue weighted by atomic mass is 16.5. The SMILES string of the molecule is COc1ccc2c(c1)C(O)C(N(C)CC1CC1C)CC2. The second-order valence-electron chi connectivity index (χ2n) is 6.53. The summed E-state index contributed by atoms with van der Waals surface area (Å²) in [6.07, 6.45) is 3.04. The summed E-state index contributed by atoms with van der Waals surface area (Å²) in [5.41, 5.74) is 2.32. The average molecular weight is 275 g/mol. The fourth-order valence-electron chi connectivity index (χ4n) is 3.49. The van der Waals surface area contributed by atoms with Crippen molar-refractivity contribution >= 4 is 0 Å². The van der Waals surface area contributed by atoms with E-state index in [0.717, 1.165) is 42.5 Å². The van der Waals surface area contributed by atoms with E-state index in [0.29, 0.717) is 0 Å². The summed E-state index contributed by atoms with van der Waals surface area (Å²) in [4.78, 5) is 2.36. The van der Waals surface area contributed by atoms with Crippen molar-refractivity contribution in [1.82, 2.24) is 4.90 Å². The molecule has 0 amide bonds. The molecule has 20 heavy (non-hydrogen) atoms. The third-order valence-corrected chi connectivity index (χ3v) is 5.11. The Hall–Kier alpha value is -1.06. The van der Waals surface area contributed by atoms with E-state index in [2.05, 4.69) is 24.9 Å². The van der Waals surface area contributed by atoms with Crippen molar-refractivity contribution in [2.45, 2.75) is 38.3 Å². The molecule has 4 unspecified atom stereocenters. The zero-order chi connectivity index (χ0) is 14.3. The molecule has 1 aromatic carbocycles. The predicted octanol–water partition coefficient (Wildman–Crippen LogP) is 2.63. The molecule has 1 aromatic rings. The molecule has 2 aliphatic rings. The van der Waals surface area contributed by atoms with Crippen LogP contribution in [0.15, 0.2) is 18.2 Å². The molecular formula is C17H25NO2. The van der Waals surface area contributed by atoms with Gasteiger partial charge in [-0.15, -0.1) is 0 Å². The van der Waals surface area contributed by atoms with Crippen molar-refractivity contribution in [3.63, 3.8) is 0 Å². The van der Waals surface area contributed by atoms with Crippen LogP contribution in [-0.4, -0.2) is 36.8 Å². The Morgan fingerprint density at radius 1 is 1.40 bits per heavy atom. The molecule has 3 nitrogen and oxygen atoms in total. The first-order chi connectivity index (χ1) is 9.60. The van der Waals surface area contributed by atoms with Crippen LogP contribution in [0, 0.1) is 11.8 Å². The second kappa shape index (κ2) is 5.38. The molecule has 110 valence electrons. The largest absolute Gasteiger partial charge is 0.497 e. The molecule has 0 aliphatic heterocycles. The number of likely N-dealkylation sites (N-methyl/N-ethyl adjacent to an activating group) is 1. The van der Waals surface area contributed by atoms with E-state index in [1.807, 2.05) is 12.1 Å². The smallest absolute Gasteiger partial charge is 0.119 e. The lowest BCUT2D eigenvalue weighted by Crippen LogP contribution is -2.41. The van der Waals surface area contributed by atoms with Gasteiger partial charge < -0.3 is 14.7 Å². The summed E-state index contributed by atoms with van der Waals surface area (Å²) in [6, 6.07) is 6.32. The average Bonchev–Trinajstić information content (AvgIpc) is 3.14. The van der Waals surface area contributed by atoms with Gasteiger partial charge in [0.25, 0.3) is 0 Å². The molecule has 1 fully saturated rings. The monoisotopic (exact) mass is 275 g/mol. The molecule has 2 aliphatic carbocycles. The third kappa shape index (κ3) is 2.57. The normalized spacial score (nSPS) is 32.0. The van der Waals surface area contributed by atoms with Crippen LogP contribution in [0.25, 0.3) is 0 Å². The number of aliphatic hydroxyl groups is 1. The van der Waals surface area contributed by atoms with E-state index in [1.54, 1.807) is 7.11 Å². The van der Waals surface area contributed by atoms with Crippen LogP contribution in [0.3, 0.4) is 0 Å². The number of aliphatic hydroxyl groups excluding tert-OH is 1. The van der Waals surface area contributed by atoms with E-state index >= 15 is 0 Å². The lowest BCUT2D eigenvalue weighted by atomic mass is 9.85. The predicted molar refractivity (Wildman–Crippen MR) is 80.0 cm³/mol. The standard InChI is InChI=1S/C17H25NO2/c1-11-8-13(11)10-18(2)16-7-5-12-4-6-14(20-3)9-15(12)17(16)19/h4,6,9,11,13,16-17,19H,5,7-8,10H2,1-3H3. The van der Waals surface area contributed by atoms with E-state index < -0.39 is 6.10 Å². The van der Waals surface area contributed by atoms with Gasteiger partial charge in [-0.25, -0.2) is 0 Å². The van der Waals surface area contributed by atoms with Gasteiger partial charge in [-0.2, -0.15) is 0 Å². The first-order valence-corrected chi connectivity index (χ1v) is 7.65. The third-order valence-electron chi connectivity index (χ3n) is 5.11. The highest BCUT2D eigenvalue weighted by Gasteiger charge is 2.37. The quantitative estimate of drug-likeness (QED) is 0.917.